The number of hydrogen-bond donors (Lipinski definition) is 2. The van der Waals surface area contributed by atoms with E-state index in [1.165, 1.54) is 9.75 Å². The fourth-order valence-corrected chi connectivity index (χ4v) is 3.98. The fraction of sp³-hybridized carbons (Fsp3) is 0.733. The molecule has 0 amide bonds. The monoisotopic (exact) mass is 283 g/mol. The predicted octanol–water partition coefficient (Wildman–Crippen LogP) is 2.27. The first kappa shape index (κ1) is 15.0. The topological polar surface area (TPSA) is 43.7 Å². The molecular weight excluding hydrogens is 258 g/mol. The second kappa shape index (κ2) is 6.35. The molecule has 2 N–H and O–H groups in total. The molecule has 2 heterocycles. The van der Waals surface area contributed by atoms with Crippen LogP contribution in [0.4, 0.5) is 0 Å². The van der Waals surface area contributed by atoms with Crippen LogP contribution >= 0.6 is 11.3 Å². The van der Waals surface area contributed by atoms with Crippen LogP contribution in [0.1, 0.15) is 36.4 Å². The summed E-state index contributed by atoms with van der Waals surface area (Å²) in [5.41, 5.74) is -0.893. The Hall–Kier alpha value is -0.420. The lowest BCUT2D eigenvalue weighted by Gasteiger charge is -2.37. The Morgan fingerprint density at radius 3 is 2.79 bits per heavy atom. The van der Waals surface area contributed by atoms with Gasteiger partial charge < -0.3 is 10.2 Å². The minimum absolute atomic E-state index is 0.132. The van der Waals surface area contributed by atoms with Crippen molar-refractivity contribution in [3.05, 3.63) is 21.9 Å². The van der Waals surface area contributed by atoms with E-state index in [-0.39, 0.29) is 6.61 Å². The van der Waals surface area contributed by atoms with Crippen molar-refractivity contribution in [3.63, 3.8) is 0 Å². The van der Waals surface area contributed by atoms with Gasteiger partial charge in [-0.1, -0.05) is 13.8 Å². The highest BCUT2D eigenvalue weighted by atomic mass is 32.1. The zero-order valence-electron chi connectivity index (χ0n) is 11.9. The van der Waals surface area contributed by atoms with Crippen molar-refractivity contribution in [1.82, 2.24) is 4.90 Å². The van der Waals surface area contributed by atoms with Gasteiger partial charge in [-0.05, 0) is 43.9 Å². The third kappa shape index (κ3) is 4.28. The smallest absolute Gasteiger partial charge is 0.100 e. The van der Waals surface area contributed by atoms with Crippen LogP contribution < -0.4 is 0 Å². The Morgan fingerprint density at radius 2 is 2.11 bits per heavy atom. The number of likely N-dealkylation sites (tertiary alicyclic amines) is 1. The maximum atomic E-state index is 10.2. The van der Waals surface area contributed by atoms with Crippen molar-refractivity contribution < 1.29 is 10.2 Å². The summed E-state index contributed by atoms with van der Waals surface area (Å²) in [6.07, 6.45) is 2.82. The molecule has 0 radical (unpaired) electrons. The third-order valence-corrected chi connectivity index (χ3v) is 4.73. The molecule has 3 nitrogen and oxygen atoms in total. The van der Waals surface area contributed by atoms with Crippen LogP contribution in [0.5, 0.6) is 0 Å². The molecule has 0 aromatic carbocycles. The van der Waals surface area contributed by atoms with Crippen molar-refractivity contribution in [2.75, 3.05) is 19.7 Å². The Bertz CT molecular complexity index is 405. The number of piperidine rings is 1. The van der Waals surface area contributed by atoms with E-state index >= 15 is 0 Å². The molecule has 19 heavy (non-hydrogen) atoms. The Balaban J connectivity index is 1.91. The Morgan fingerprint density at radius 1 is 1.37 bits per heavy atom. The first-order chi connectivity index (χ1) is 9.00. The highest BCUT2D eigenvalue weighted by molar-refractivity contribution is 7.11. The van der Waals surface area contributed by atoms with Crippen molar-refractivity contribution in [2.45, 2.75) is 45.3 Å². The van der Waals surface area contributed by atoms with Crippen LogP contribution in [-0.2, 0) is 13.0 Å². The third-order valence-electron chi connectivity index (χ3n) is 3.63. The van der Waals surface area contributed by atoms with E-state index < -0.39 is 5.60 Å². The lowest BCUT2D eigenvalue weighted by Crippen LogP contribution is -2.49. The van der Waals surface area contributed by atoms with Gasteiger partial charge in [0.15, 0.2) is 0 Å². The lowest BCUT2D eigenvalue weighted by molar-refractivity contribution is -0.0685. The van der Waals surface area contributed by atoms with E-state index in [9.17, 15) is 10.2 Å². The SMILES string of the molecule is CC(C)Cc1ccc(CN2CCC[C@](O)(CO)C2)s1. The average molecular weight is 283 g/mol. The molecule has 0 saturated carbocycles. The van der Waals surface area contributed by atoms with Gasteiger partial charge >= 0.3 is 0 Å². The van der Waals surface area contributed by atoms with E-state index in [1.54, 1.807) is 0 Å². The molecule has 1 aliphatic rings. The quantitative estimate of drug-likeness (QED) is 0.871. The molecule has 1 aliphatic heterocycles. The van der Waals surface area contributed by atoms with Gasteiger partial charge in [-0.2, -0.15) is 0 Å². The number of thiophene rings is 1. The summed E-state index contributed by atoms with van der Waals surface area (Å²) >= 11 is 1.88. The van der Waals surface area contributed by atoms with Crippen LogP contribution in [0.25, 0.3) is 0 Å². The van der Waals surface area contributed by atoms with E-state index in [1.807, 2.05) is 11.3 Å². The standard InChI is InChI=1S/C15H25NO2S/c1-12(2)8-13-4-5-14(19-13)9-16-7-3-6-15(18,10-16)11-17/h4-5,12,17-18H,3,6-11H2,1-2H3/t15-/m1/s1. The van der Waals surface area contributed by atoms with Crippen LogP contribution in [0, 0.1) is 5.92 Å². The Labute approximate surface area is 119 Å². The second-order valence-electron chi connectivity index (χ2n) is 6.16. The van der Waals surface area contributed by atoms with Gasteiger partial charge in [-0.15, -0.1) is 11.3 Å². The summed E-state index contributed by atoms with van der Waals surface area (Å²) in [6, 6.07) is 4.43. The average Bonchev–Trinajstić information content (AvgIpc) is 2.76. The molecular formula is C15H25NO2S. The van der Waals surface area contributed by atoms with Gasteiger partial charge in [-0.3, -0.25) is 4.90 Å². The summed E-state index contributed by atoms with van der Waals surface area (Å²) in [5.74, 6) is 0.695. The first-order valence-corrected chi connectivity index (χ1v) is 7.95. The molecule has 0 bridgehead atoms. The van der Waals surface area contributed by atoms with Gasteiger partial charge in [0.1, 0.15) is 5.60 Å². The molecule has 1 fully saturated rings. The highest BCUT2D eigenvalue weighted by Gasteiger charge is 2.32. The number of β-amino-alcohol motifs (C(OH)–C–C–N with tert-alkyl or cyclic N) is 1. The minimum atomic E-state index is -0.893. The molecule has 1 aromatic rings. The number of aliphatic hydroxyl groups excluding tert-OH is 1. The van der Waals surface area contributed by atoms with E-state index in [0.29, 0.717) is 18.9 Å². The minimum Gasteiger partial charge on any atom is -0.393 e. The summed E-state index contributed by atoms with van der Waals surface area (Å²) < 4.78 is 0. The fourth-order valence-electron chi connectivity index (χ4n) is 2.71. The maximum absolute atomic E-state index is 10.2. The Kier molecular flexibility index (Phi) is 5.01. The molecule has 0 spiro atoms. The molecule has 2 rings (SSSR count). The van der Waals surface area contributed by atoms with E-state index in [4.69, 9.17) is 0 Å². The summed E-state index contributed by atoms with van der Waals surface area (Å²) in [7, 11) is 0. The van der Waals surface area contributed by atoms with Gasteiger partial charge in [0.05, 0.1) is 6.61 Å². The van der Waals surface area contributed by atoms with Crippen molar-refractivity contribution in [3.8, 4) is 0 Å². The second-order valence-corrected chi connectivity index (χ2v) is 7.42. The predicted molar refractivity (Wildman–Crippen MR) is 79.4 cm³/mol. The van der Waals surface area contributed by atoms with Gasteiger partial charge in [-0.25, -0.2) is 0 Å². The zero-order valence-corrected chi connectivity index (χ0v) is 12.7. The molecule has 1 aromatic heterocycles. The van der Waals surface area contributed by atoms with Crippen molar-refractivity contribution >= 4 is 11.3 Å². The lowest BCUT2D eigenvalue weighted by atomic mass is 9.94. The van der Waals surface area contributed by atoms with Crippen LogP contribution in [0.15, 0.2) is 12.1 Å². The van der Waals surface area contributed by atoms with Gasteiger partial charge in [0.25, 0.3) is 0 Å². The number of hydrogen-bond acceptors (Lipinski definition) is 4. The van der Waals surface area contributed by atoms with Crippen molar-refractivity contribution in [2.24, 2.45) is 5.92 Å². The molecule has 1 atom stereocenters. The molecule has 0 unspecified atom stereocenters. The molecule has 1 saturated heterocycles. The van der Waals surface area contributed by atoms with Crippen LogP contribution in [0.3, 0.4) is 0 Å². The zero-order chi connectivity index (χ0) is 13.9. The van der Waals surface area contributed by atoms with E-state index in [2.05, 4.69) is 30.9 Å². The van der Waals surface area contributed by atoms with Gasteiger partial charge in [0, 0.05) is 22.8 Å². The highest BCUT2D eigenvalue weighted by Crippen LogP contribution is 2.25. The largest absolute Gasteiger partial charge is 0.393 e. The summed E-state index contributed by atoms with van der Waals surface area (Å²) in [5, 5.41) is 19.4. The van der Waals surface area contributed by atoms with E-state index in [0.717, 1.165) is 25.9 Å². The maximum Gasteiger partial charge on any atom is 0.100 e. The number of aliphatic hydroxyl groups is 2. The number of rotatable bonds is 5. The summed E-state index contributed by atoms with van der Waals surface area (Å²) in [4.78, 5) is 5.06. The van der Waals surface area contributed by atoms with Gasteiger partial charge in [0.2, 0.25) is 0 Å². The number of nitrogens with zero attached hydrogens (tertiary/aromatic N) is 1. The van der Waals surface area contributed by atoms with Crippen LogP contribution in [0.2, 0.25) is 0 Å². The molecule has 0 aliphatic carbocycles. The summed E-state index contributed by atoms with van der Waals surface area (Å²) in [6.45, 7) is 6.84. The van der Waals surface area contributed by atoms with Crippen LogP contribution in [-0.4, -0.2) is 40.4 Å². The normalized spacial score (nSPS) is 25.1. The molecule has 4 heteroatoms. The first-order valence-electron chi connectivity index (χ1n) is 7.14. The molecule has 108 valence electrons. The van der Waals surface area contributed by atoms with Crippen molar-refractivity contribution in [1.29, 1.82) is 0 Å².